The molecule has 0 aromatic carbocycles. The van der Waals surface area contributed by atoms with Crippen molar-refractivity contribution in [2.24, 2.45) is 0 Å². The Morgan fingerprint density at radius 2 is 1.89 bits per heavy atom. The summed E-state index contributed by atoms with van der Waals surface area (Å²) in [5.41, 5.74) is 0. The average Bonchev–Trinajstić information content (AvgIpc) is 2.43. The maximum atomic E-state index is 7.55. The molecule has 0 fully saturated rings. The average molecular weight is 140 g/mol. The molecule has 0 aliphatic heterocycles. The monoisotopic (exact) mass is 140 g/mol. The van der Waals surface area contributed by atoms with Crippen molar-refractivity contribution in [1.82, 2.24) is 4.98 Å². The fourth-order valence-electron chi connectivity index (χ4n) is 0.278. The van der Waals surface area contributed by atoms with Crippen molar-refractivity contribution >= 4 is 12.6 Å². The van der Waals surface area contributed by atoms with Crippen molar-refractivity contribution in [3.8, 4) is 6.07 Å². The zero-order chi connectivity index (χ0) is 6.95. The highest BCUT2D eigenvalue weighted by Crippen LogP contribution is 1.72. The van der Waals surface area contributed by atoms with Gasteiger partial charge in [0.25, 0.3) is 0 Å². The summed E-state index contributed by atoms with van der Waals surface area (Å²) in [7, 11) is 0. The Bertz CT molecular complexity index is 135. The fourth-order valence-corrected chi connectivity index (χ4v) is 0.278. The van der Waals surface area contributed by atoms with Gasteiger partial charge in [-0.3, -0.25) is 0 Å². The highest BCUT2D eigenvalue weighted by Gasteiger charge is 1.55. The van der Waals surface area contributed by atoms with E-state index in [1.807, 2.05) is 24.5 Å². The zero-order valence-electron chi connectivity index (χ0n) is 4.91. The summed E-state index contributed by atoms with van der Waals surface area (Å²) in [6, 6.07) is 5.68. The molecule has 0 saturated carbocycles. The van der Waals surface area contributed by atoms with E-state index in [9.17, 15) is 0 Å². The molecule has 0 unspecified atom stereocenters. The van der Waals surface area contributed by atoms with Crippen LogP contribution in [0, 0.1) is 11.3 Å². The molecule has 0 atom stereocenters. The Kier molecular flexibility index (Phi) is 6.42. The van der Waals surface area contributed by atoms with E-state index in [4.69, 9.17) is 5.26 Å². The number of thiol groups is 1. The summed E-state index contributed by atoms with van der Waals surface area (Å²) in [6.45, 7) is 0. The number of aromatic amines is 1. The first kappa shape index (κ1) is 8.12. The number of hydrogen-bond acceptors (Lipinski definition) is 2. The maximum absolute atomic E-state index is 7.55. The van der Waals surface area contributed by atoms with Crippen molar-refractivity contribution in [3.05, 3.63) is 24.5 Å². The first-order valence-corrected chi connectivity index (χ1v) is 3.10. The molecular weight excluding hydrogens is 132 g/mol. The lowest BCUT2D eigenvalue weighted by molar-refractivity contribution is 1.42. The van der Waals surface area contributed by atoms with Gasteiger partial charge in [-0.2, -0.15) is 17.9 Å². The molecule has 1 rings (SSSR count). The number of rotatable bonds is 0. The number of H-pyrrole nitrogens is 1. The number of nitrogens with zero attached hydrogens (tertiary/aromatic N) is 1. The second-order valence-corrected chi connectivity index (χ2v) is 1.52. The van der Waals surface area contributed by atoms with Crippen LogP contribution in [0.5, 0.6) is 0 Å². The van der Waals surface area contributed by atoms with Crippen LogP contribution in [0.15, 0.2) is 24.5 Å². The molecule has 0 bridgehead atoms. The lowest BCUT2D eigenvalue weighted by atomic mass is 10.7. The van der Waals surface area contributed by atoms with Gasteiger partial charge in [0.15, 0.2) is 0 Å². The van der Waals surface area contributed by atoms with Crippen LogP contribution in [0.4, 0.5) is 0 Å². The van der Waals surface area contributed by atoms with Crippen LogP contribution in [-0.2, 0) is 0 Å². The van der Waals surface area contributed by atoms with Gasteiger partial charge in [-0.1, -0.05) is 0 Å². The first-order chi connectivity index (χ1) is 4.41. The Hall–Kier alpha value is -0.880. The van der Waals surface area contributed by atoms with Gasteiger partial charge >= 0.3 is 0 Å². The minimum absolute atomic E-state index is 0.319. The Morgan fingerprint density at radius 3 is 2.00 bits per heavy atom. The molecule has 1 N–H and O–H groups in total. The third-order valence-corrected chi connectivity index (χ3v) is 0.708. The summed E-state index contributed by atoms with van der Waals surface area (Å²) < 4.78 is 0. The maximum Gasteiger partial charge on any atom is 0.0777 e. The van der Waals surface area contributed by atoms with Crippen LogP contribution in [0.3, 0.4) is 0 Å². The normalized spacial score (nSPS) is 6.67. The van der Waals surface area contributed by atoms with Gasteiger partial charge in [0.1, 0.15) is 0 Å². The topological polar surface area (TPSA) is 39.6 Å². The Labute approximate surface area is 59.9 Å². The van der Waals surface area contributed by atoms with Crippen LogP contribution in [0.2, 0.25) is 0 Å². The van der Waals surface area contributed by atoms with E-state index >= 15 is 0 Å². The lowest BCUT2D eigenvalue weighted by Crippen LogP contribution is -1.47. The molecule has 9 heavy (non-hydrogen) atoms. The van der Waals surface area contributed by atoms with E-state index in [1.54, 1.807) is 6.07 Å². The van der Waals surface area contributed by atoms with Crippen LogP contribution < -0.4 is 0 Å². The Morgan fingerprint density at radius 1 is 1.44 bits per heavy atom. The fraction of sp³-hybridized carbons (Fsp3) is 0.167. The van der Waals surface area contributed by atoms with Gasteiger partial charge in [-0.25, -0.2) is 0 Å². The number of nitrogens with one attached hydrogen (secondary N) is 1. The molecule has 0 radical (unpaired) electrons. The van der Waals surface area contributed by atoms with Gasteiger partial charge in [0.2, 0.25) is 0 Å². The summed E-state index contributed by atoms with van der Waals surface area (Å²) in [5, 5.41) is 7.55. The predicted octanol–water partition coefficient (Wildman–Crippen LogP) is 1.45. The van der Waals surface area contributed by atoms with Crippen molar-refractivity contribution in [3.63, 3.8) is 0 Å². The minimum atomic E-state index is 0.319. The molecule has 0 saturated heterocycles. The quantitative estimate of drug-likeness (QED) is 0.526. The largest absolute Gasteiger partial charge is 0.368 e. The summed E-state index contributed by atoms with van der Waals surface area (Å²) in [5.74, 6) is 0.319. The van der Waals surface area contributed by atoms with Crippen molar-refractivity contribution in [2.75, 3.05) is 5.75 Å². The summed E-state index contributed by atoms with van der Waals surface area (Å²) in [4.78, 5) is 2.86. The van der Waals surface area contributed by atoms with Crippen LogP contribution in [0.25, 0.3) is 0 Å². The molecule has 0 spiro atoms. The molecule has 3 heteroatoms. The van der Waals surface area contributed by atoms with E-state index in [0.717, 1.165) is 0 Å². The standard InChI is InChI=1S/C4H5N.C2H3NS/c1-2-4-5-3-1;3-1-2-4/h1-5H;4H,2H2. The second-order valence-electron chi connectivity index (χ2n) is 1.20. The van der Waals surface area contributed by atoms with E-state index in [-0.39, 0.29) is 0 Å². The summed E-state index contributed by atoms with van der Waals surface area (Å²) >= 11 is 3.56. The van der Waals surface area contributed by atoms with Gasteiger partial charge in [0, 0.05) is 12.4 Å². The van der Waals surface area contributed by atoms with Gasteiger partial charge in [-0.15, -0.1) is 0 Å². The SMILES string of the molecule is N#CCS.c1cc[nH]c1. The molecule has 0 amide bonds. The van der Waals surface area contributed by atoms with Gasteiger partial charge < -0.3 is 4.98 Å². The highest BCUT2D eigenvalue weighted by atomic mass is 32.1. The number of aromatic nitrogens is 1. The first-order valence-electron chi connectivity index (χ1n) is 2.47. The van der Waals surface area contributed by atoms with Crippen LogP contribution >= 0.6 is 12.6 Å². The van der Waals surface area contributed by atoms with Crippen molar-refractivity contribution < 1.29 is 0 Å². The van der Waals surface area contributed by atoms with Crippen LogP contribution in [-0.4, -0.2) is 10.7 Å². The zero-order valence-corrected chi connectivity index (χ0v) is 5.81. The van der Waals surface area contributed by atoms with E-state index < -0.39 is 0 Å². The van der Waals surface area contributed by atoms with E-state index in [2.05, 4.69) is 17.6 Å². The summed E-state index contributed by atoms with van der Waals surface area (Å²) in [6.07, 6.45) is 3.75. The molecular formula is C6H8N2S. The predicted molar refractivity (Wildman–Crippen MR) is 40.3 cm³/mol. The van der Waals surface area contributed by atoms with E-state index in [1.165, 1.54) is 0 Å². The highest BCUT2D eigenvalue weighted by molar-refractivity contribution is 7.80. The molecule has 1 aromatic heterocycles. The molecule has 1 aromatic rings. The van der Waals surface area contributed by atoms with E-state index in [0.29, 0.717) is 5.75 Å². The van der Waals surface area contributed by atoms with Gasteiger partial charge in [-0.05, 0) is 12.1 Å². The number of nitriles is 1. The van der Waals surface area contributed by atoms with Crippen molar-refractivity contribution in [2.45, 2.75) is 0 Å². The minimum Gasteiger partial charge on any atom is -0.368 e. The second kappa shape index (κ2) is 7.12. The number of hydrogen-bond donors (Lipinski definition) is 2. The molecule has 2 nitrogen and oxygen atoms in total. The molecule has 48 valence electrons. The molecule has 0 aliphatic carbocycles. The molecule has 1 heterocycles. The van der Waals surface area contributed by atoms with Crippen LogP contribution in [0.1, 0.15) is 0 Å². The van der Waals surface area contributed by atoms with Crippen molar-refractivity contribution in [1.29, 1.82) is 5.26 Å². The third kappa shape index (κ3) is 7.12. The smallest absolute Gasteiger partial charge is 0.0777 e. The van der Waals surface area contributed by atoms with Gasteiger partial charge in [0.05, 0.1) is 11.8 Å². The Balaban J connectivity index is 0.000000148. The molecule has 0 aliphatic rings. The third-order valence-electron chi connectivity index (χ3n) is 0.567. The lowest BCUT2D eigenvalue weighted by Gasteiger charge is -1.49.